The Balaban J connectivity index is 1.42. The monoisotopic (exact) mass is 342 g/mol. The lowest BCUT2D eigenvalue weighted by molar-refractivity contribution is -0.134. The normalized spacial score (nSPS) is 32.2. The number of hydrogen-bond donors (Lipinski definition) is 0. The van der Waals surface area contributed by atoms with E-state index >= 15 is 0 Å². The van der Waals surface area contributed by atoms with Crippen LogP contribution in [-0.4, -0.2) is 54.5 Å². The van der Waals surface area contributed by atoms with Crippen LogP contribution in [0.5, 0.6) is 5.75 Å². The maximum Gasteiger partial charge on any atom is 0.226 e. The number of hydrogen-bond acceptors (Lipinski definition) is 3. The van der Waals surface area contributed by atoms with Crippen molar-refractivity contribution in [2.45, 2.75) is 57.0 Å². The average molecular weight is 342 g/mol. The fraction of sp³-hybridized carbons (Fsp3) is 0.667. The second kappa shape index (κ2) is 6.99. The molecule has 0 radical (unpaired) electrons. The molecule has 0 aromatic heterocycles. The Bertz CT molecular complexity index is 615. The number of likely N-dealkylation sites (tertiary alicyclic amines) is 2. The third kappa shape index (κ3) is 3.17. The second-order valence-electron chi connectivity index (χ2n) is 7.80. The van der Waals surface area contributed by atoms with Gasteiger partial charge in [0.15, 0.2) is 0 Å². The van der Waals surface area contributed by atoms with Gasteiger partial charge in [-0.05, 0) is 68.8 Å². The molecular formula is C21H30N2O2. The van der Waals surface area contributed by atoms with Crippen LogP contribution in [0.3, 0.4) is 0 Å². The zero-order valence-corrected chi connectivity index (χ0v) is 15.5. The summed E-state index contributed by atoms with van der Waals surface area (Å²) < 4.78 is 5.24. The summed E-state index contributed by atoms with van der Waals surface area (Å²) >= 11 is 0. The van der Waals surface area contributed by atoms with Crippen LogP contribution in [0, 0.1) is 5.92 Å². The maximum absolute atomic E-state index is 13.2. The molecule has 4 heteroatoms. The van der Waals surface area contributed by atoms with E-state index in [1.165, 1.54) is 37.8 Å². The SMILES string of the molecule is CCN1CCC[C@@H]1[C@@H]1CCCN1C(=O)[C@H]1C[C@H]1c1ccc(OC)cc1. The van der Waals surface area contributed by atoms with E-state index in [0.29, 0.717) is 23.9 Å². The number of benzene rings is 1. The molecule has 1 saturated carbocycles. The Morgan fingerprint density at radius 2 is 1.84 bits per heavy atom. The van der Waals surface area contributed by atoms with Crippen molar-refractivity contribution < 1.29 is 9.53 Å². The Kier molecular flexibility index (Phi) is 4.72. The fourth-order valence-corrected chi connectivity index (χ4v) is 5.05. The van der Waals surface area contributed by atoms with Crippen LogP contribution < -0.4 is 4.74 Å². The lowest BCUT2D eigenvalue weighted by atomic mass is 10.0. The molecule has 1 aromatic rings. The van der Waals surface area contributed by atoms with Gasteiger partial charge in [0.1, 0.15) is 5.75 Å². The molecule has 2 heterocycles. The van der Waals surface area contributed by atoms with Crippen molar-refractivity contribution in [3.05, 3.63) is 29.8 Å². The molecular weight excluding hydrogens is 312 g/mol. The first-order valence-electron chi connectivity index (χ1n) is 9.91. The summed E-state index contributed by atoms with van der Waals surface area (Å²) in [5.41, 5.74) is 1.28. The van der Waals surface area contributed by atoms with Crippen molar-refractivity contribution in [2.75, 3.05) is 26.7 Å². The quantitative estimate of drug-likeness (QED) is 0.823. The molecule has 2 saturated heterocycles. The lowest BCUT2D eigenvalue weighted by Gasteiger charge is -2.34. The molecule has 0 spiro atoms. The van der Waals surface area contributed by atoms with E-state index in [9.17, 15) is 4.79 Å². The molecule has 0 unspecified atom stereocenters. The van der Waals surface area contributed by atoms with E-state index in [4.69, 9.17) is 4.74 Å². The molecule has 3 fully saturated rings. The average Bonchev–Trinajstić information content (AvgIpc) is 3.07. The van der Waals surface area contributed by atoms with Gasteiger partial charge in [-0.2, -0.15) is 0 Å². The van der Waals surface area contributed by atoms with Gasteiger partial charge in [-0.25, -0.2) is 0 Å². The van der Waals surface area contributed by atoms with E-state index in [1.807, 2.05) is 12.1 Å². The van der Waals surface area contributed by atoms with Crippen molar-refractivity contribution in [3.63, 3.8) is 0 Å². The molecule has 4 nitrogen and oxygen atoms in total. The molecule has 1 aromatic carbocycles. The Hall–Kier alpha value is -1.55. The van der Waals surface area contributed by atoms with Gasteiger partial charge in [0.2, 0.25) is 5.91 Å². The maximum atomic E-state index is 13.2. The zero-order valence-electron chi connectivity index (χ0n) is 15.5. The molecule has 136 valence electrons. The van der Waals surface area contributed by atoms with Gasteiger partial charge in [0.25, 0.3) is 0 Å². The van der Waals surface area contributed by atoms with Crippen molar-refractivity contribution in [2.24, 2.45) is 5.92 Å². The van der Waals surface area contributed by atoms with E-state index in [-0.39, 0.29) is 5.92 Å². The van der Waals surface area contributed by atoms with Crippen molar-refractivity contribution in [3.8, 4) is 5.75 Å². The highest BCUT2D eigenvalue weighted by Gasteiger charge is 2.49. The molecule has 1 amide bonds. The minimum Gasteiger partial charge on any atom is -0.497 e. The van der Waals surface area contributed by atoms with Crippen LogP contribution in [0.25, 0.3) is 0 Å². The number of carbonyl (C=O) groups is 1. The summed E-state index contributed by atoms with van der Waals surface area (Å²) in [6.07, 6.45) is 5.91. The number of ether oxygens (including phenoxy) is 1. The van der Waals surface area contributed by atoms with Crippen LogP contribution in [-0.2, 0) is 4.79 Å². The number of likely N-dealkylation sites (N-methyl/N-ethyl adjacent to an activating group) is 1. The zero-order chi connectivity index (χ0) is 17.4. The smallest absolute Gasteiger partial charge is 0.226 e. The molecule has 3 aliphatic rings. The summed E-state index contributed by atoms with van der Waals surface area (Å²) in [4.78, 5) is 18.0. The summed E-state index contributed by atoms with van der Waals surface area (Å²) in [5.74, 6) is 1.90. The lowest BCUT2D eigenvalue weighted by Crippen LogP contribution is -2.48. The van der Waals surface area contributed by atoms with Gasteiger partial charge >= 0.3 is 0 Å². The molecule has 2 aliphatic heterocycles. The Labute approximate surface area is 151 Å². The third-order valence-corrected chi connectivity index (χ3v) is 6.50. The number of amides is 1. The molecule has 0 bridgehead atoms. The van der Waals surface area contributed by atoms with Gasteiger partial charge in [0.05, 0.1) is 7.11 Å². The van der Waals surface area contributed by atoms with Crippen LogP contribution in [0.4, 0.5) is 0 Å². The van der Waals surface area contributed by atoms with E-state index in [1.54, 1.807) is 7.11 Å². The number of carbonyl (C=O) groups excluding carboxylic acids is 1. The van der Waals surface area contributed by atoms with Crippen LogP contribution >= 0.6 is 0 Å². The first-order valence-corrected chi connectivity index (χ1v) is 9.91. The van der Waals surface area contributed by atoms with Crippen molar-refractivity contribution in [1.29, 1.82) is 0 Å². The predicted molar refractivity (Wildman–Crippen MR) is 98.8 cm³/mol. The van der Waals surface area contributed by atoms with E-state index in [2.05, 4.69) is 28.9 Å². The van der Waals surface area contributed by atoms with Crippen molar-refractivity contribution >= 4 is 5.91 Å². The highest BCUT2D eigenvalue weighted by atomic mass is 16.5. The summed E-state index contributed by atoms with van der Waals surface area (Å²) in [5, 5.41) is 0. The largest absolute Gasteiger partial charge is 0.497 e. The van der Waals surface area contributed by atoms with Crippen LogP contribution in [0.2, 0.25) is 0 Å². The van der Waals surface area contributed by atoms with Gasteiger partial charge in [0, 0.05) is 24.5 Å². The highest BCUT2D eigenvalue weighted by molar-refractivity contribution is 5.83. The van der Waals surface area contributed by atoms with E-state index < -0.39 is 0 Å². The van der Waals surface area contributed by atoms with Crippen molar-refractivity contribution in [1.82, 2.24) is 9.80 Å². The van der Waals surface area contributed by atoms with Gasteiger partial charge in [-0.15, -0.1) is 0 Å². The number of nitrogens with zero attached hydrogens (tertiary/aromatic N) is 2. The van der Waals surface area contributed by atoms with Gasteiger partial charge in [-0.3, -0.25) is 9.69 Å². The number of methoxy groups -OCH3 is 1. The first-order chi connectivity index (χ1) is 12.2. The molecule has 1 aliphatic carbocycles. The molecule has 4 atom stereocenters. The van der Waals surface area contributed by atoms with Crippen LogP contribution in [0.1, 0.15) is 50.5 Å². The molecule has 25 heavy (non-hydrogen) atoms. The van der Waals surface area contributed by atoms with Crippen LogP contribution in [0.15, 0.2) is 24.3 Å². The summed E-state index contributed by atoms with van der Waals surface area (Å²) in [6, 6.07) is 9.29. The number of rotatable bonds is 5. The third-order valence-electron chi connectivity index (χ3n) is 6.50. The minimum absolute atomic E-state index is 0.200. The Morgan fingerprint density at radius 1 is 1.12 bits per heavy atom. The minimum atomic E-state index is 0.200. The van der Waals surface area contributed by atoms with Gasteiger partial charge < -0.3 is 9.64 Å². The fourth-order valence-electron chi connectivity index (χ4n) is 5.05. The standard InChI is InChI=1S/C21H30N2O2/c1-3-22-12-4-6-19(22)20-7-5-13-23(20)21(24)18-14-17(18)15-8-10-16(25-2)11-9-15/h8-11,17-20H,3-7,12-14H2,1-2H3/t17-,18-,19+,20-/m0/s1. The highest BCUT2D eigenvalue weighted by Crippen LogP contribution is 2.49. The van der Waals surface area contributed by atoms with E-state index in [0.717, 1.165) is 25.3 Å². The van der Waals surface area contributed by atoms with Gasteiger partial charge in [-0.1, -0.05) is 19.1 Å². The summed E-state index contributed by atoms with van der Waals surface area (Å²) in [6.45, 7) is 5.53. The second-order valence-corrected chi connectivity index (χ2v) is 7.80. The topological polar surface area (TPSA) is 32.8 Å². The predicted octanol–water partition coefficient (Wildman–Crippen LogP) is 3.27. The first kappa shape index (κ1) is 16.9. The molecule has 0 N–H and O–H groups in total. The summed E-state index contributed by atoms with van der Waals surface area (Å²) in [7, 11) is 1.69. The Morgan fingerprint density at radius 3 is 2.56 bits per heavy atom. The molecule has 4 rings (SSSR count).